The van der Waals surface area contributed by atoms with Crippen molar-refractivity contribution in [3.63, 3.8) is 0 Å². The van der Waals surface area contributed by atoms with Crippen molar-refractivity contribution >= 4 is 22.9 Å². The van der Waals surface area contributed by atoms with Crippen LogP contribution in [0, 0.1) is 5.82 Å². The van der Waals surface area contributed by atoms with Crippen molar-refractivity contribution in [3.05, 3.63) is 59.5 Å². The molecule has 0 bridgehead atoms. The lowest BCUT2D eigenvalue weighted by Gasteiger charge is -1.99. The summed E-state index contributed by atoms with van der Waals surface area (Å²) in [6, 6.07) is 10.1. The van der Waals surface area contributed by atoms with Crippen LogP contribution < -0.4 is 0 Å². The van der Waals surface area contributed by atoms with Gasteiger partial charge >= 0.3 is 0 Å². The molecule has 0 amide bonds. The highest BCUT2D eigenvalue weighted by Gasteiger charge is 2.13. The van der Waals surface area contributed by atoms with Gasteiger partial charge in [-0.1, -0.05) is 0 Å². The fourth-order valence-electron chi connectivity index (χ4n) is 1.89. The van der Waals surface area contributed by atoms with Crippen LogP contribution in [0.15, 0.2) is 48.8 Å². The van der Waals surface area contributed by atoms with Gasteiger partial charge in [0, 0.05) is 28.4 Å². The third kappa shape index (κ3) is 2.57. The predicted octanol–water partition coefficient (Wildman–Crippen LogP) is 4.75. The SMILES string of the molecule is Fc1ccc(-c2nc(-c3cccnc3)sc2CCl)cc1. The quantitative estimate of drug-likeness (QED) is 0.653. The standard InChI is InChI=1S/C15H10ClFN2S/c16-8-13-14(10-3-5-12(17)6-4-10)19-15(20-13)11-2-1-7-18-9-11/h1-7,9H,8H2. The summed E-state index contributed by atoms with van der Waals surface area (Å²) >= 11 is 7.53. The Morgan fingerprint density at radius 3 is 2.55 bits per heavy atom. The molecule has 100 valence electrons. The van der Waals surface area contributed by atoms with Crippen molar-refractivity contribution in [1.82, 2.24) is 9.97 Å². The topological polar surface area (TPSA) is 25.8 Å². The molecule has 2 heterocycles. The molecule has 0 N–H and O–H groups in total. The van der Waals surface area contributed by atoms with Crippen LogP contribution in [-0.2, 0) is 5.88 Å². The highest BCUT2D eigenvalue weighted by atomic mass is 35.5. The Labute approximate surface area is 124 Å². The fraction of sp³-hybridized carbons (Fsp3) is 0.0667. The summed E-state index contributed by atoms with van der Waals surface area (Å²) in [6.45, 7) is 0. The van der Waals surface area contributed by atoms with E-state index >= 15 is 0 Å². The molecule has 0 saturated heterocycles. The van der Waals surface area contributed by atoms with Crippen LogP contribution in [-0.4, -0.2) is 9.97 Å². The number of rotatable bonds is 3. The van der Waals surface area contributed by atoms with Gasteiger partial charge in [0.05, 0.1) is 11.6 Å². The Morgan fingerprint density at radius 2 is 1.90 bits per heavy atom. The summed E-state index contributed by atoms with van der Waals surface area (Å²) in [5.41, 5.74) is 2.63. The molecule has 0 aliphatic heterocycles. The van der Waals surface area contributed by atoms with Crippen LogP contribution in [0.1, 0.15) is 4.88 Å². The van der Waals surface area contributed by atoms with Gasteiger partial charge in [-0.3, -0.25) is 4.98 Å². The number of pyridine rings is 1. The van der Waals surface area contributed by atoms with E-state index in [1.807, 2.05) is 12.1 Å². The van der Waals surface area contributed by atoms with Crippen LogP contribution in [0.25, 0.3) is 21.8 Å². The highest BCUT2D eigenvalue weighted by molar-refractivity contribution is 7.15. The molecular formula is C15H10ClFN2S. The van der Waals surface area contributed by atoms with Gasteiger partial charge in [0.1, 0.15) is 10.8 Å². The van der Waals surface area contributed by atoms with E-state index in [4.69, 9.17) is 11.6 Å². The smallest absolute Gasteiger partial charge is 0.125 e. The molecule has 0 unspecified atom stereocenters. The summed E-state index contributed by atoms with van der Waals surface area (Å²) in [4.78, 5) is 9.69. The van der Waals surface area contributed by atoms with E-state index in [1.54, 1.807) is 24.5 Å². The molecule has 2 aromatic heterocycles. The van der Waals surface area contributed by atoms with Crippen LogP contribution in [0.3, 0.4) is 0 Å². The van der Waals surface area contributed by atoms with Gasteiger partial charge in [-0.05, 0) is 36.4 Å². The molecule has 0 atom stereocenters. The zero-order chi connectivity index (χ0) is 13.9. The fourth-order valence-corrected chi connectivity index (χ4v) is 3.10. The average molecular weight is 305 g/mol. The molecule has 0 spiro atoms. The van der Waals surface area contributed by atoms with E-state index in [2.05, 4.69) is 9.97 Å². The van der Waals surface area contributed by atoms with Gasteiger partial charge in [-0.2, -0.15) is 0 Å². The van der Waals surface area contributed by atoms with E-state index in [1.165, 1.54) is 23.5 Å². The van der Waals surface area contributed by atoms with Crippen LogP contribution in [0.2, 0.25) is 0 Å². The summed E-state index contributed by atoms with van der Waals surface area (Å²) in [5, 5.41) is 0.869. The van der Waals surface area contributed by atoms with Gasteiger partial charge < -0.3 is 0 Å². The normalized spacial score (nSPS) is 10.7. The molecule has 0 fully saturated rings. The number of halogens is 2. The predicted molar refractivity (Wildman–Crippen MR) is 80.3 cm³/mol. The summed E-state index contributed by atoms with van der Waals surface area (Å²) in [5.74, 6) is 0.119. The summed E-state index contributed by atoms with van der Waals surface area (Å²) in [6.07, 6.45) is 3.49. The van der Waals surface area contributed by atoms with Crippen LogP contribution >= 0.6 is 22.9 Å². The number of aromatic nitrogens is 2. The molecule has 5 heteroatoms. The van der Waals surface area contributed by atoms with Crippen molar-refractivity contribution < 1.29 is 4.39 Å². The number of benzene rings is 1. The van der Waals surface area contributed by atoms with Crippen molar-refractivity contribution in [2.24, 2.45) is 0 Å². The van der Waals surface area contributed by atoms with Crippen molar-refractivity contribution in [3.8, 4) is 21.8 Å². The lowest BCUT2D eigenvalue weighted by atomic mass is 10.1. The lowest BCUT2D eigenvalue weighted by molar-refractivity contribution is 0.628. The largest absolute Gasteiger partial charge is 0.264 e. The minimum atomic E-state index is -0.260. The van der Waals surface area contributed by atoms with Gasteiger partial charge in [0.2, 0.25) is 0 Å². The third-order valence-electron chi connectivity index (χ3n) is 2.84. The number of hydrogen-bond donors (Lipinski definition) is 0. The van der Waals surface area contributed by atoms with E-state index in [-0.39, 0.29) is 5.82 Å². The molecular weight excluding hydrogens is 295 g/mol. The molecule has 0 saturated carbocycles. The number of hydrogen-bond acceptors (Lipinski definition) is 3. The average Bonchev–Trinajstić information content (AvgIpc) is 2.93. The molecule has 2 nitrogen and oxygen atoms in total. The van der Waals surface area contributed by atoms with Crippen molar-refractivity contribution in [1.29, 1.82) is 0 Å². The maximum Gasteiger partial charge on any atom is 0.125 e. The number of thiazole rings is 1. The van der Waals surface area contributed by atoms with Crippen molar-refractivity contribution in [2.75, 3.05) is 0 Å². The summed E-state index contributed by atoms with van der Waals surface area (Å²) < 4.78 is 13.0. The van der Waals surface area contributed by atoms with E-state index in [0.717, 1.165) is 26.7 Å². The maximum absolute atomic E-state index is 13.0. The molecule has 1 aromatic carbocycles. The molecule has 0 aliphatic carbocycles. The maximum atomic E-state index is 13.0. The Bertz CT molecular complexity index is 710. The summed E-state index contributed by atoms with van der Waals surface area (Å²) in [7, 11) is 0. The number of nitrogens with zero attached hydrogens (tertiary/aromatic N) is 2. The molecule has 3 aromatic rings. The first kappa shape index (κ1) is 13.2. The second-order valence-corrected chi connectivity index (χ2v) is 5.52. The Kier molecular flexibility index (Phi) is 3.76. The Balaban J connectivity index is 2.07. The first-order chi connectivity index (χ1) is 9.78. The minimum absolute atomic E-state index is 0.260. The highest BCUT2D eigenvalue weighted by Crippen LogP contribution is 2.34. The first-order valence-corrected chi connectivity index (χ1v) is 7.35. The van der Waals surface area contributed by atoms with E-state index in [9.17, 15) is 4.39 Å². The second-order valence-electron chi connectivity index (χ2n) is 4.17. The van der Waals surface area contributed by atoms with Crippen LogP contribution in [0.4, 0.5) is 4.39 Å². The molecule has 0 aliphatic rings. The zero-order valence-electron chi connectivity index (χ0n) is 10.4. The Hall–Kier alpha value is -1.78. The van der Waals surface area contributed by atoms with Gasteiger partial charge in [-0.25, -0.2) is 9.37 Å². The van der Waals surface area contributed by atoms with Gasteiger partial charge in [-0.15, -0.1) is 22.9 Å². The third-order valence-corrected chi connectivity index (χ3v) is 4.38. The Morgan fingerprint density at radius 1 is 1.10 bits per heavy atom. The molecule has 20 heavy (non-hydrogen) atoms. The minimum Gasteiger partial charge on any atom is -0.264 e. The second kappa shape index (κ2) is 5.69. The van der Waals surface area contributed by atoms with E-state index in [0.29, 0.717) is 5.88 Å². The zero-order valence-corrected chi connectivity index (χ0v) is 12.0. The molecule has 3 rings (SSSR count). The number of alkyl halides is 1. The van der Waals surface area contributed by atoms with Gasteiger partial charge in [0.25, 0.3) is 0 Å². The van der Waals surface area contributed by atoms with E-state index < -0.39 is 0 Å². The lowest BCUT2D eigenvalue weighted by Crippen LogP contribution is -1.84. The van der Waals surface area contributed by atoms with Crippen molar-refractivity contribution in [2.45, 2.75) is 5.88 Å². The van der Waals surface area contributed by atoms with Crippen LogP contribution in [0.5, 0.6) is 0 Å². The van der Waals surface area contributed by atoms with Gasteiger partial charge in [0.15, 0.2) is 0 Å². The molecule has 0 radical (unpaired) electrons. The monoisotopic (exact) mass is 304 g/mol. The first-order valence-electron chi connectivity index (χ1n) is 6.00.